The second kappa shape index (κ2) is 6.47. The Morgan fingerprint density at radius 2 is 2.05 bits per heavy atom. The van der Waals surface area contributed by atoms with Gasteiger partial charge in [-0.1, -0.05) is 18.6 Å². The van der Waals surface area contributed by atoms with Crippen molar-refractivity contribution in [1.29, 1.82) is 0 Å². The van der Waals surface area contributed by atoms with Gasteiger partial charge >= 0.3 is 12.0 Å². The van der Waals surface area contributed by atoms with Crippen LogP contribution in [0.4, 0.5) is 10.5 Å². The zero-order valence-electron chi connectivity index (χ0n) is 12.2. The molecule has 1 fully saturated rings. The van der Waals surface area contributed by atoms with E-state index in [0.717, 1.165) is 6.42 Å². The number of methoxy groups -OCH3 is 1. The molecule has 1 aromatic carbocycles. The zero-order valence-corrected chi connectivity index (χ0v) is 12.2. The van der Waals surface area contributed by atoms with Crippen molar-refractivity contribution in [2.45, 2.75) is 25.3 Å². The predicted octanol–water partition coefficient (Wildman–Crippen LogP) is 2.09. The second-order valence-electron chi connectivity index (χ2n) is 5.16. The lowest BCUT2D eigenvalue weighted by molar-refractivity contribution is -0.142. The number of ether oxygens (including phenoxy) is 1. The molecule has 6 heteroatoms. The molecule has 0 radical (unpaired) electrons. The molecule has 0 aromatic heterocycles. The van der Waals surface area contributed by atoms with E-state index in [0.29, 0.717) is 24.3 Å². The molecule has 1 aromatic rings. The van der Waals surface area contributed by atoms with Crippen molar-refractivity contribution in [3.63, 3.8) is 0 Å². The number of carboxylic acid groups (broad SMARTS) is 1. The molecule has 2 atom stereocenters. The van der Waals surface area contributed by atoms with Crippen LogP contribution in [0.15, 0.2) is 24.3 Å². The Bertz CT molecular complexity index is 532. The van der Waals surface area contributed by atoms with E-state index in [1.165, 1.54) is 4.90 Å². The highest BCUT2D eigenvalue weighted by Gasteiger charge is 2.34. The first-order valence-corrected chi connectivity index (χ1v) is 6.94. The van der Waals surface area contributed by atoms with E-state index in [9.17, 15) is 9.59 Å². The van der Waals surface area contributed by atoms with Crippen LogP contribution in [0, 0.1) is 5.92 Å². The minimum Gasteiger partial charge on any atom is -0.495 e. The maximum absolute atomic E-state index is 12.3. The zero-order chi connectivity index (χ0) is 15.4. The van der Waals surface area contributed by atoms with Crippen LogP contribution in [0.2, 0.25) is 0 Å². The van der Waals surface area contributed by atoms with Crippen LogP contribution in [0.25, 0.3) is 0 Å². The quantitative estimate of drug-likeness (QED) is 0.890. The summed E-state index contributed by atoms with van der Waals surface area (Å²) in [5.41, 5.74) is 0.641. The van der Waals surface area contributed by atoms with E-state index < -0.39 is 11.9 Å². The van der Waals surface area contributed by atoms with E-state index in [2.05, 4.69) is 5.32 Å². The van der Waals surface area contributed by atoms with E-state index in [1.807, 2.05) is 12.1 Å². The molecule has 2 rings (SSSR count). The van der Waals surface area contributed by atoms with E-state index in [4.69, 9.17) is 9.84 Å². The van der Waals surface area contributed by atoms with Gasteiger partial charge in [0.2, 0.25) is 0 Å². The molecule has 114 valence electrons. The molecular formula is C15H20N2O4. The van der Waals surface area contributed by atoms with Crippen LogP contribution < -0.4 is 15.0 Å². The summed E-state index contributed by atoms with van der Waals surface area (Å²) in [6.07, 6.45) is 2.13. The molecule has 0 heterocycles. The van der Waals surface area contributed by atoms with Gasteiger partial charge in [-0.15, -0.1) is 0 Å². The normalized spacial score (nSPS) is 20.9. The number of urea groups is 1. The lowest BCUT2D eigenvalue weighted by Crippen LogP contribution is -2.46. The van der Waals surface area contributed by atoms with Crippen molar-refractivity contribution in [3.8, 4) is 5.75 Å². The largest absolute Gasteiger partial charge is 0.495 e. The van der Waals surface area contributed by atoms with Gasteiger partial charge in [0.05, 0.1) is 18.7 Å². The second-order valence-corrected chi connectivity index (χ2v) is 5.16. The number of carbonyl (C=O) groups excluding carboxylic acids is 1. The Morgan fingerprint density at radius 1 is 1.33 bits per heavy atom. The number of benzene rings is 1. The smallest absolute Gasteiger partial charge is 0.321 e. The number of carboxylic acids is 1. The number of amides is 2. The fourth-order valence-corrected chi connectivity index (χ4v) is 2.70. The van der Waals surface area contributed by atoms with E-state index >= 15 is 0 Å². The molecule has 0 spiro atoms. The Hall–Kier alpha value is -2.24. The lowest BCUT2D eigenvalue weighted by atomic mass is 10.0. The van der Waals surface area contributed by atoms with Crippen LogP contribution in [0.3, 0.4) is 0 Å². The minimum atomic E-state index is -0.849. The van der Waals surface area contributed by atoms with Crippen molar-refractivity contribution >= 4 is 17.7 Å². The van der Waals surface area contributed by atoms with Gasteiger partial charge in [0.15, 0.2) is 0 Å². The first-order valence-electron chi connectivity index (χ1n) is 6.94. The number of nitrogens with zero attached hydrogens (tertiary/aromatic N) is 1. The van der Waals surface area contributed by atoms with E-state index in [-0.39, 0.29) is 12.1 Å². The highest BCUT2D eigenvalue weighted by Crippen LogP contribution is 2.28. The van der Waals surface area contributed by atoms with Gasteiger partial charge in [0, 0.05) is 13.1 Å². The Kier molecular flexibility index (Phi) is 4.67. The van der Waals surface area contributed by atoms with Crippen LogP contribution >= 0.6 is 0 Å². The summed E-state index contributed by atoms with van der Waals surface area (Å²) in [5.74, 6) is -0.755. The molecule has 2 N–H and O–H groups in total. The molecule has 0 bridgehead atoms. The number of carbonyl (C=O) groups is 2. The lowest BCUT2D eigenvalue weighted by Gasteiger charge is -2.24. The highest BCUT2D eigenvalue weighted by molar-refractivity contribution is 5.93. The predicted molar refractivity (Wildman–Crippen MR) is 78.7 cm³/mol. The van der Waals surface area contributed by atoms with Crippen molar-refractivity contribution < 1.29 is 19.4 Å². The number of aliphatic carboxylic acids is 1. The number of nitrogens with one attached hydrogen (secondary N) is 1. The molecular weight excluding hydrogens is 272 g/mol. The monoisotopic (exact) mass is 292 g/mol. The van der Waals surface area contributed by atoms with E-state index in [1.54, 1.807) is 26.3 Å². The van der Waals surface area contributed by atoms with Gasteiger partial charge in [-0.3, -0.25) is 9.69 Å². The molecule has 0 saturated heterocycles. The summed E-state index contributed by atoms with van der Waals surface area (Å²) >= 11 is 0. The van der Waals surface area contributed by atoms with Gasteiger partial charge in [-0.2, -0.15) is 0 Å². The molecule has 0 aliphatic heterocycles. The average Bonchev–Trinajstić information content (AvgIpc) is 2.94. The van der Waals surface area contributed by atoms with Crippen molar-refractivity contribution in [1.82, 2.24) is 5.32 Å². The summed E-state index contributed by atoms with van der Waals surface area (Å²) in [6, 6.07) is 6.56. The van der Waals surface area contributed by atoms with Gasteiger partial charge in [0.25, 0.3) is 0 Å². The number of rotatable bonds is 4. The average molecular weight is 292 g/mol. The molecule has 1 aliphatic carbocycles. The third-order valence-electron chi connectivity index (χ3n) is 3.89. The first-order chi connectivity index (χ1) is 10.0. The summed E-state index contributed by atoms with van der Waals surface area (Å²) in [5, 5.41) is 12.0. The van der Waals surface area contributed by atoms with Gasteiger partial charge in [0.1, 0.15) is 5.75 Å². The molecule has 1 aliphatic rings. The van der Waals surface area contributed by atoms with Crippen LogP contribution in [-0.2, 0) is 4.79 Å². The fourth-order valence-electron chi connectivity index (χ4n) is 2.70. The van der Waals surface area contributed by atoms with Crippen molar-refractivity contribution in [2.75, 3.05) is 19.1 Å². The third-order valence-corrected chi connectivity index (χ3v) is 3.89. The van der Waals surface area contributed by atoms with Crippen molar-refractivity contribution in [2.24, 2.45) is 5.92 Å². The standard InChI is InChI=1S/C15H20N2O4/c1-17(12-8-3-4-9-13(12)21-2)15(20)16-11-7-5-6-10(11)14(18)19/h3-4,8-11H,5-7H2,1-2H3,(H,16,20)(H,18,19). The van der Waals surface area contributed by atoms with Crippen LogP contribution in [0.1, 0.15) is 19.3 Å². The topological polar surface area (TPSA) is 78.9 Å². The maximum atomic E-state index is 12.3. The Balaban J connectivity index is 2.07. The number of anilines is 1. The fraction of sp³-hybridized carbons (Fsp3) is 0.467. The molecule has 6 nitrogen and oxygen atoms in total. The Morgan fingerprint density at radius 3 is 2.71 bits per heavy atom. The number of hydrogen-bond donors (Lipinski definition) is 2. The van der Waals surface area contributed by atoms with Crippen molar-refractivity contribution in [3.05, 3.63) is 24.3 Å². The number of hydrogen-bond acceptors (Lipinski definition) is 3. The van der Waals surface area contributed by atoms with Gasteiger partial charge in [-0.25, -0.2) is 4.79 Å². The summed E-state index contributed by atoms with van der Waals surface area (Å²) < 4.78 is 5.23. The van der Waals surface area contributed by atoms with Gasteiger partial charge in [-0.05, 0) is 25.0 Å². The third kappa shape index (κ3) is 3.26. The van der Waals surface area contributed by atoms with Crippen LogP contribution in [-0.4, -0.2) is 37.3 Å². The molecule has 2 unspecified atom stereocenters. The molecule has 21 heavy (non-hydrogen) atoms. The maximum Gasteiger partial charge on any atom is 0.321 e. The summed E-state index contributed by atoms with van der Waals surface area (Å²) in [7, 11) is 3.18. The molecule has 1 saturated carbocycles. The Labute approximate surface area is 123 Å². The first kappa shape index (κ1) is 15.2. The van der Waals surface area contributed by atoms with Gasteiger partial charge < -0.3 is 15.2 Å². The SMILES string of the molecule is COc1ccccc1N(C)C(=O)NC1CCCC1C(=O)O. The summed E-state index contributed by atoms with van der Waals surface area (Å²) in [4.78, 5) is 24.9. The highest BCUT2D eigenvalue weighted by atomic mass is 16.5. The van der Waals surface area contributed by atoms with Crippen LogP contribution in [0.5, 0.6) is 5.75 Å². The number of para-hydroxylation sites is 2. The minimum absolute atomic E-state index is 0.313. The summed E-state index contributed by atoms with van der Waals surface area (Å²) in [6.45, 7) is 0. The molecule has 2 amide bonds.